The lowest BCUT2D eigenvalue weighted by atomic mass is 10.1. The van der Waals surface area contributed by atoms with Gasteiger partial charge in [0.05, 0.1) is 6.10 Å². The van der Waals surface area contributed by atoms with Crippen LogP contribution in [0.2, 0.25) is 0 Å². The monoisotopic (exact) mass is 304 g/mol. The van der Waals surface area contributed by atoms with Gasteiger partial charge in [-0.15, -0.1) is 0 Å². The molecule has 0 amide bonds. The van der Waals surface area contributed by atoms with Gasteiger partial charge in [0.2, 0.25) is 0 Å². The summed E-state index contributed by atoms with van der Waals surface area (Å²) in [4.78, 5) is 11.6. The highest BCUT2D eigenvalue weighted by Crippen LogP contribution is 2.08. The third-order valence-electron chi connectivity index (χ3n) is 1.69. The van der Waals surface area contributed by atoms with E-state index in [2.05, 4.69) is 22.6 Å². The van der Waals surface area contributed by atoms with Crippen LogP contribution in [-0.4, -0.2) is 18.5 Å². The van der Waals surface area contributed by atoms with Crippen molar-refractivity contribution in [2.75, 3.05) is 6.61 Å². The summed E-state index contributed by atoms with van der Waals surface area (Å²) < 4.78 is 6.31. The first kappa shape index (κ1) is 11.7. The molecular weight excluding hydrogens is 291 g/mol. The second-order valence-electron chi connectivity index (χ2n) is 3.29. The van der Waals surface area contributed by atoms with E-state index in [-0.39, 0.29) is 18.5 Å². The van der Waals surface area contributed by atoms with Gasteiger partial charge in [0.25, 0.3) is 0 Å². The van der Waals surface area contributed by atoms with Crippen LogP contribution >= 0.6 is 22.6 Å². The molecule has 3 heteroatoms. The Morgan fingerprint density at radius 3 is 2.79 bits per heavy atom. The van der Waals surface area contributed by atoms with E-state index in [1.807, 2.05) is 38.1 Å². The molecule has 0 atom stereocenters. The summed E-state index contributed by atoms with van der Waals surface area (Å²) in [6.45, 7) is 4.00. The average molecular weight is 304 g/mol. The molecule has 0 radical (unpaired) electrons. The van der Waals surface area contributed by atoms with E-state index in [9.17, 15) is 4.79 Å². The quantitative estimate of drug-likeness (QED) is 0.631. The molecule has 2 nitrogen and oxygen atoms in total. The van der Waals surface area contributed by atoms with Crippen molar-refractivity contribution >= 4 is 28.4 Å². The fraction of sp³-hybridized carbons (Fsp3) is 0.364. The second-order valence-corrected chi connectivity index (χ2v) is 4.54. The number of hydrogen-bond donors (Lipinski definition) is 0. The number of Topliss-reactive ketones (excluding diaryl/α,β-unsaturated/α-hetero) is 1. The Labute approximate surface area is 97.8 Å². The van der Waals surface area contributed by atoms with Gasteiger partial charge in [-0.05, 0) is 48.6 Å². The fourth-order valence-electron chi connectivity index (χ4n) is 0.988. The van der Waals surface area contributed by atoms with Crippen LogP contribution in [0, 0.1) is 3.57 Å². The van der Waals surface area contributed by atoms with E-state index >= 15 is 0 Å². The average Bonchev–Trinajstić information content (AvgIpc) is 2.14. The molecule has 0 aliphatic carbocycles. The molecule has 0 bridgehead atoms. The predicted octanol–water partition coefficient (Wildman–Crippen LogP) is 2.90. The molecule has 0 spiro atoms. The van der Waals surface area contributed by atoms with Crippen LogP contribution < -0.4 is 0 Å². The Kier molecular flexibility index (Phi) is 4.54. The molecule has 76 valence electrons. The van der Waals surface area contributed by atoms with Crippen molar-refractivity contribution in [3.63, 3.8) is 0 Å². The lowest BCUT2D eigenvalue weighted by Crippen LogP contribution is -2.13. The van der Waals surface area contributed by atoms with Gasteiger partial charge in [-0.1, -0.05) is 12.1 Å². The van der Waals surface area contributed by atoms with Crippen molar-refractivity contribution in [2.24, 2.45) is 0 Å². The molecule has 1 rings (SSSR count). The molecule has 0 heterocycles. The van der Waals surface area contributed by atoms with Gasteiger partial charge in [-0.2, -0.15) is 0 Å². The Balaban J connectivity index is 2.61. The molecule has 0 saturated heterocycles. The number of halogens is 1. The maximum Gasteiger partial charge on any atom is 0.188 e. The van der Waals surface area contributed by atoms with Crippen molar-refractivity contribution in [2.45, 2.75) is 20.0 Å². The number of rotatable bonds is 4. The molecule has 14 heavy (non-hydrogen) atoms. The first-order chi connectivity index (χ1) is 6.59. The lowest BCUT2D eigenvalue weighted by molar-refractivity contribution is 0.0585. The topological polar surface area (TPSA) is 26.3 Å². The van der Waals surface area contributed by atoms with Crippen molar-refractivity contribution in [3.8, 4) is 0 Å². The molecule has 0 unspecified atom stereocenters. The number of carbonyl (C=O) groups is 1. The molecule has 0 aliphatic heterocycles. The summed E-state index contributed by atoms with van der Waals surface area (Å²) in [5.74, 6) is 0.0391. The van der Waals surface area contributed by atoms with Crippen LogP contribution in [0.25, 0.3) is 0 Å². The highest BCUT2D eigenvalue weighted by atomic mass is 127. The van der Waals surface area contributed by atoms with Gasteiger partial charge in [0, 0.05) is 9.13 Å². The SMILES string of the molecule is CC(C)OCC(=O)c1cccc(I)c1. The summed E-state index contributed by atoms with van der Waals surface area (Å²) in [5.41, 5.74) is 0.720. The normalized spacial score (nSPS) is 10.6. The van der Waals surface area contributed by atoms with Crippen LogP contribution in [0.1, 0.15) is 24.2 Å². The number of ketones is 1. The zero-order valence-corrected chi connectivity index (χ0v) is 10.4. The lowest BCUT2D eigenvalue weighted by Gasteiger charge is -2.06. The van der Waals surface area contributed by atoms with Crippen molar-refractivity contribution in [3.05, 3.63) is 33.4 Å². The second kappa shape index (κ2) is 5.46. The summed E-state index contributed by atoms with van der Waals surface area (Å²) in [6, 6.07) is 7.52. The number of carbonyl (C=O) groups excluding carboxylic acids is 1. The Morgan fingerprint density at radius 2 is 2.21 bits per heavy atom. The van der Waals surface area contributed by atoms with Crippen LogP contribution in [0.3, 0.4) is 0 Å². The van der Waals surface area contributed by atoms with E-state index in [4.69, 9.17) is 4.74 Å². The largest absolute Gasteiger partial charge is 0.371 e. The van der Waals surface area contributed by atoms with Gasteiger partial charge >= 0.3 is 0 Å². The van der Waals surface area contributed by atoms with Crippen molar-refractivity contribution in [1.29, 1.82) is 0 Å². The van der Waals surface area contributed by atoms with Crippen molar-refractivity contribution in [1.82, 2.24) is 0 Å². The Hall–Kier alpha value is -0.420. The van der Waals surface area contributed by atoms with Crippen LogP contribution in [0.4, 0.5) is 0 Å². The molecule has 0 aromatic heterocycles. The predicted molar refractivity (Wildman–Crippen MR) is 64.6 cm³/mol. The summed E-state index contributed by atoms with van der Waals surface area (Å²) in [6.07, 6.45) is 0.0988. The van der Waals surface area contributed by atoms with Crippen LogP contribution in [0.15, 0.2) is 24.3 Å². The highest BCUT2D eigenvalue weighted by molar-refractivity contribution is 14.1. The van der Waals surface area contributed by atoms with E-state index in [1.54, 1.807) is 0 Å². The van der Waals surface area contributed by atoms with Gasteiger partial charge in [0.15, 0.2) is 5.78 Å². The maximum atomic E-state index is 11.6. The minimum Gasteiger partial charge on any atom is -0.371 e. The first-order valence-corrected chi connectivity index (χ1v) is 5.58. The highest BCUT2D eigenvalue weighted by Gasteiger charge is 2.06. The smallest absolute Gasteiger partial charge is 0.188 e. The number of benzene rings is 1. The maximum absolute atomic E-state index is 11.6. The molecule has 1 aromatic rings. The van der Waals surface area contributed by atoms with E-state index in [0.717, 1.165) is 9.13 Å². The van der Waals surface area contributed by atoms with E-state index in [1.165, 1.54) is 0 Å². The van der Waals surface area contributed by atoms with Gasteiger partial charge in [-0.3, -0.25) is 4.79 Å². The van der Waals surface area contributed by atoms with Gasteiger partial charge < -0.3 is 4.74 Å². The number of hydrogen-bond acceptors (Lipinski definition) is 2. The summed E-state index contributed by atoms with van der Waals surface area (Å²) >= 11 is 2.19. The Bertz CT molecular complexity index is 321. The molecule has 1 aromatic carbocycles. The number of ether oxygens (including phenoxy) is 1. The summed E-state index contributed by atoms with van der Waals surface area (Å²) in [5, 5.41) is 0. The molecule has 0 N–H and O–H groups in total. The van der Waals surface area contributed by atoms with Gasteiger partial charge in [0.1, 0.15) is 6.61 Å². The molecule has 0 fully saturated rings. The van der Waals surface area contributed by atoms with Crippen molar-refractivity contribution < 1.29 is 9.53 Å². The zero-order valence-electron chi connectivity index (χ0n) is 8.29. The van der Waals surface area contributed by atoms with Gasteiger partial charge in [-0.25, -0.2) is 0 Å². The minimum absolute atomic E-state index is 0.0391. The van der Waals surface area contributed by atoms with E-state index < -0.39 is 0 Å². The molecule has 0 saturated carbocycles. The minimum atomic E-state index is 0.0391. The molecule has 0 aliphatic rings. The Morgan fingerprint density at radius 1 is 1.50 bits per heavy atom. The van der Waals surface area contributed by atoms with E-state index in [0.29, 0.717) is 0 Å². The third-order valence-corrected chi connectivity index (χ3v) is 2.37. The summed E-state index contributed by atoms with van der Waals surface area (Å²) in [7, 11) is 0. The first-order valence-electron chi connectivity index (χ1n) is 4.50. The standard InChI is InChI=1S/C11H13IO2/c1-8(2)14-7-11(13)9-4-3-5-10(12)6-9/h3-6,8H,7H2,1-2H3. The third kappa shape index (κ3) is 3.75. The fourth-order valence-corrected chi connectivity index (χ4v) is 1.53. The van der Waals surface area contributed by atoms with Crippen LogP contribution in [0.5, 0.6) is 0 Å². The van der Waals surface area contributed by atoms with Crippen LogP contribution in [-0.2, 0) is 4.74 Å². The zero-order chi connectivity index (χ0) is 10.6. The molecular formula is C11H13IO2.